The van der Waals surface area contributed by atoms with Gasteiger partial charge in [0.2, 0.25) is 0 Å². The van der Waals surface area contributed by atoms with Gasteiger partial charge in [0, 0.05) is 36.7 Å². The molecular weight excluding hydrogens is 416 g/mol. The number of esters is 1. The Morgan fingerprint density at radius 2 is 1.90 bits per heavy atom. The summed E-state index contributed by atoms with van der Waals surface area (Å²) in [6.45, 7) is 11.7. The fraction of sp³-hybridized carbons (Fsp3) is 0.450. The number of aryl methyl sites for hydroxylation is 2. The van der Waals surface area contributed by atoms with E-state index in [1.165, 1.54) is 0 Å². The highest BCUT2D eigenvalue weighted by atomic mass is 32.1. The van der Waals surface area contributed by atoms with Crippen molar-refractivity contribution in [1.82, 2.24) is 29.3 Å². The molecule has 11 heteroatoms. The van der Waals surface area contributed by atoms with E-state index in [9.17, 15) is 4.79 Å². The summed E-state index contributed by atoms with van der Waals surface area (Å²) in [4.78, 5) is 12.4. The van der Waals surface area contributed by atoms with Gasteiger partial charge in [0.25, 0.3) is 0 Å². The molecule has 0 saturated carbocycles. The third-order valence-electron chi connectivity index (χ3n) is 4.60. The molecule has 0 amide bonds. The van der Waals surface area contributed by atoms with E-state index in [0.717, 1.165) is 23.5 Å². The maximum atomic E-state index is 12.4. The zero-order chi connectivity index (χ0) is 22.5. The Hall–Kier alpha value is -3.21. The van der Waals surface area contributed by atoms with E-state index in [1.54, 1.807) is 30.9 Å². The number of ether oxygens (including phenoxy) is 1. The number of hydrogen-bond acceptors (Lipinski definition) is 6. The van der Waals surface area contributed by atoms with Crippen molar-refractivity contribution >= 4 is 34.7 Å². The van der Waals surface area contributed by atoms with Crippen LogP contribution in [0.25, 0.3) is 0 Å². The minimum absolute atomic E-state index is 0.193. The van der Waals surface area contributed by atoms with Gasteiger partial charge >= 0.3 is 5.97 Å². The summed E-state index contributed by atoms with van der Waals surface area (Å²) < 4.78 is 10.7. The van der Waals surface area contributed by atoms with Crippen molar-refractivity contribution in [2.75, 3.05) is 10.6 Å². The first-order valence-corrected chi connectivity index (χ1v) is 10.6. The molecule has 0 aliphatic rings. The van der Waals surface area contributed by atoms with Crippen molar-refractivity contribution in [3.8, 4) is 0 Å². The second-order valence-corrected chi connectivity index (χ2v) is 7.69. The zero-order valence-corrected chi connectivity index (χ0v) is 19.2. The van der Waals surface area contributed by atoms with Crippen LogP contribution in [0.4, 0.5) is 11.4 Å². The van der Waals surface area contributed by atoms with Crippen LogP contribution in [0.2, 0.25) is 0 Å². The summed E-state index contributed by atoms with van der Waals surface area (Å²) in [7, 11) is 0. The minimum atomic E-state index is -0.497. The van der Waals surface area contributed by atoms with E-state index in [0.29, 0.717) is 23.9 Å². The van der Waals surface area contributed by atoms with Crippen molar-refractivity contribution in [2.45, 2.75) is 60.4 Å². The molecule has 31 heavy (non-hydrogen) atoms. The second kappa shape index (κ2) is 9.73. The minimum Gasteiger partial charge on any atom is -0.458 e. The fourth-order valence-corrected chi connectivity index (χ4v) is 3.26. The van der Waals surface area contributed by atoms with Crippen LogP contribution >= 0.6 is 12.2 Å². The molecule has 10 nitrogen and oxygen atoms in total. The van der Waals surface area contributed by atoms with Gasteiger partial charge in [-0.3, -0.25) is 14.0 Å². The summed E-state index contributed by atoms with van der Waals surface area (Å²) in [5.41, 5.74) is 3.64. The Morgan fingerprint density at radius 1 is 1.13 bits per heavy atom. The molecule has 0 aromatic carbocycles. The maximum absolute atomic E-state index is 12.4. The van der Waals surface area contributed by atoms with Crippen molar-refractivity contribution in [3.63, 3.8) is 0 Å². The topological polar surface area (TPSA) is 104 Å². The average molecular weight is 445 g/mol. The molecule has 166 valence electrons. The first-order valence-electron chi connectivity index (χ1n) is 10.2. The van der Waals surface area contributed by atoms with Crippen LogP contribution in [0.1, 0.15) is 49.4 Å². The average Bonchev–Trinajstić information content (AvgIpc) is 3.41. The zero-order valence-electron chi connectivity index (χ0n) is 18.4. The second-order valence-electron chi connectivity index (χ2n) is 7.28. The van der Waals surface area contributed by atoms with Crippen LogP contribution in [0.3, 0.4) is 0 Å². The Balaban J connectivity index is 1.66. The summed E-state index contributed by atoms with van der Waals surface area (Å²) in [6.07, 6.45) is 6.90. The lowest BCUT2D eigenvalue weighted by Crippen LogP contribution is -2.21. The van der Waals surface area contributed by atoms with Crippen molar-refractivity contribution in [3.05, 3.63) is 41.7 Å². The number of carbonyl (C=O) groups excluding carboxylic acids is 1. The van der Waals surface area contributed by atoms with Gasteiger partial charge in [0.05, 0.1) is 36.4 Å². The standard InChI is InChI=1S/C20H28N8O2S/c1-6-26-12-17(18(25-26)19(29)30-13(3)4)24-20(31)23-16-9-21-27(11-16)10-15-8-22-28(7-2)14(15)5/h8-9,11-13H,6-7,10H2,1-5H3,(H2,23,24,31). The first kappa shape index (κ1) is 22.5. The van der Waals surface area contributed by atoms with Gasteiger partial charge in [0.15, 0.2) is 10.8 Å². The predicted octanol–water partition coefficient (Wildman–Crippen LogP) is 3.05. The molecule has 0 atom stereocenters. The SMILES string of the molecule is CCn1cc(NC(=S)Nc2cnn(Cc3cnn(CC)c3C)c2)c(C(=O)OC(C)C)n1. The Morgan fingerprint density at radius 3 is 2.55 bits per heavy atom. The van der Waals surface area contributed by atoms with Gasteiger partial charge in [-0.15, -0.1) is 0 Å². The molecule has 0 bridgehead atoms. The van der Waals surface area contributed by atoms with Crippen LogP contribution in [0, 0.1) is 6.92 Å². The van der Waals surface area contributed by atoms with Gasteiger partial charge in [-0.25, -0.2) is 4.79 Å². The summed E-state index contributed by atoms with van der Waals surface area (Å²) in [6, 6.07) is 0. The number of thiocarbonyl (C=S) groups is 1. The lowest BCUT2D eigenvalue weighted by molar-refractivity contribution is 0.0371. The quantitative estimate of drug-likeness (QED) is 0.404. The number of anilines is 2. The largest absolute Gasteiger partial charge is 0.458 e. The molecule has 3 rings (SSSR count). The number of carbonyl (C=O) groups is 1. The highest BCUT2D eigenvalue weighted by Crippen LogP contribution is 2.17. The third-order valence-corrected chi connectivity index (χ3v) is 4.80. The number of hydrogen-bond donors (Lipinski definition) is 2. The Bertz CT molecular complexity index is 1070. The van der Waals surface area contributed by atoms with Crippen LogP contribution in [-0.4, -0.2) is 46.5 Å². The molecule has 3 heterocycles. The number of rotatable bonds is 8. The molecule has 2 N–H and O–H groups in total. The fourth-order valence-electron chi connectivity index (χ4n) is 3.03. The maximum Gasteiger partial charge on any atom is 0.361 e. The molecule has 0 spiro atoms. The monoisotopic (exact) mass is 444 g/mol. The number of nitrogens with zero attached hydrogens (tertiary/aromatic N) is 6. The number of aromatic nitrogens is 6. The van der Waals surface area contributed by atoms with E-state index in [2.05, 4.69) is 32.9 Å². The molecule has 0 aliphatic heterocycles. The summed E-state index contributed by atoms with van der Waals surface area (Å²) >= 11 is 5.41. The smallest absolute Gasteiger partial charge is 0.361 e. The summed E-state index contributed by atoms with van der Waals surface area (Å²) in [5, 5.41) is 19.5. The number of nitrogens with one attached hydrogen (secondary N) is 2. The molecule has 0 unspecified atom stereocenters. The van der Waals surface area contributed by atoms with Crippen LogP contribution in [-0.2, 0) is 24.4 Å². The summed E-state index contributed by atoms with van der Waals surface area (Å²) in [5.74, 6) is -0.497. The van der Waals surface area contributed by atoms with Crippen molar-refractivity contribution in [1.29, 1.82) is 0 Å². The van der Waals surface area contributed by atoms with Crippen LogP contribution in [0.15, 0.2) is 24.8 Å². The molecule has 3 aromatic heterocycles. The lowest BCUT2D eigenvalue weighted by atomic mass is 10.2. The highest BCUT2D eigenvalue weighted by molar-refractivity contribution is 7.80. The van der Waals surface area contributed by atoms with Gasteiger partial charge in [-0.05, 0) is 46.8 Å². The van der Waals surface area contributed by atoms with Gasteiger partial charge in [0.1, 0.15) is 0 Å². The van der Waals surface area contributed by atoms with Crippen LogP contribution in [0.5, 0.6) is 0 Å². The van der Waals surface area contributed by atoms with E-state index < -0.39 is 5.97 Å². The molecule has 0 radical (unpaired) electrons. The predicted molar refractivity (Wildman–Crippen MR) is 122 cm³/mol. The van der Waals surface area contributed by atoms with Crippen molar-refractivity contribution in [2.24, 2.45) is 0 Å². The molecule has 0 saturated heterocycles. The van der Waals surface area contributed by atoms with E-state index >= 15 is 0 Å². The Labute approximate surface area is 186 Å². The van der Waals surface area contributed by atoms with Gasteiger partial charge in [-0.1, -0.05) is 0 Å². The first-order chi connectivity index (χ1) is 14.8. The molecule has 0 aliphatic carbocycles. The normalized spacial score (nSPS) is 11.0. The molecule has 0 fully saturated rings. The van der Waals surface area contributed by atoms with E-state index in [-0.39, 0.29) is 11.8 Å². The van der Waals surface area contributed by atoms with Gasteiger partial charge < -0.3 is 15.4 Å². The van der Waals surface area contributed by atoms with Gasteiger partial charge in [-0.2, -0.15) is 15.3 Å². The lowest BCUT2D eigenvalue weighted by Gasteiger charge is -2.10. The van der Waals surface area contributed by atoms with E-state index in [1.807, 2.05) is 35.6 Å². The van der Waals surface area contributed by atoms with Crippen LogP contribution < -0.4 is 10.6 Å². The van der Waals surface area contributed by atoms with E-state index in [4.69, 9.17) is 17.0 Å². The van der Waals surface area contributed by atoms with Crippen molar-refractivity contribution < 1.29 is 9.53 Å². The highest BCUT2D eigenvalue weighted by Gasteiger charge is 2.20. The molecular formula is C20H28N8O2S. The molecule has 3 aromatic rings. The Kier molecular flexibility index (Phi) is 7.06. The third kappa shape index (κ3) is 5.48.